The van der Waals surface area contributed by atoms with Gasteiger partial charge in [-0.1, -0.05) is 35.0 Å². The van der Waals surface area contributed by atoms with Gasteiger partial charge in [0.25, 0.3) is 0 Å². The van der Waals surface area contributed by atoms with Gasteiger partial charge in [-0.3, -0.25) is 0 Å². The summed E-state index contributed by atoms with van der Waals surface area (Å²) in [5, 5.41) is 4.22. The van der Waals surface area contributed by atoms with Crippen LogP contribution in [0.5, 0.6) is 0 Å². The van der Waals surface area contributed by atoms with E-state index in [1.54, 1.807) is 18.2 Å². The Morgan fingerprint density at radius 3 is 2.68 bits per heavy atom. The zero-order valence-electron chi connectivity index (χ0n) is 10.2. The van der Waals surface area contributed by atoms with Crippen molar-refractivity contribution in [1.29, 1.82) is 0 Å². The Morgan fingerprint density at radius 2 is 1.95 bits per heavy atom. The van der Waals surface area contributed by atoms with Crippen molar-refractivity contribution in [2.75, 3.05) is 7.05 Å². The molecule has 5 heteroatoms. The van der Waals surface area contributed by atoms with Crippen LogP contribution in [-0.4, -0.2) is 7.05 Å². The van der Waals surface area contributed by atoms with E-state index in [1.165, 1.54) is 23.9 Å². The predicted octanol–water partition coefficient (Wildman–Crippen LogP) is 5.00. The zero-order valence-corrected chi connectivity index (χ0v) is 12.5. The third-order valence-electron chi connectivity index (χ3n) is 2.43. The minimum Gasteiger partial charge on any atom is -0.316 e. The van der Waals surface area contributed by atoms with Crippen molar-refractivity contribution in [3.63, 3.8) is 0 Å². The van der Waals surface area contributed by atoms with Crippen molar-refractivity contribution in [2.45, 2.75) is 16.3 Å². The van der Waals surface area contributed by atoms with E-state index < -0.39 is 0 Å². The van der Waals surface area contributed by atoms with Crippen LogP contribution in [0.1, 0.15) is 5.56 Å². The molecule has 0 aliphatic heterocycles. The molecule has 0 unspecified atom stereocenters. The summed E-state index contributed by atoms with van der Waals surface area (Å²) in [4.78, 5) is 1.62. The van der Waals surface area contributed by atoms with E-state index in [0.717, 1.165) is 15.4 Å². The summed E-state index contributed by atoms with van der Waals surface area (Å²) in [6.07, 6.45) is 0. The highest BCUT2D eigenvalue weighted by atomic mass is 35.5. The lowest BCUT2D eigenvalue weighted by molar-refractivity contribution is 0.619. The second-order valence-electron chi connectivity index (χ2n) is 4.00. The first-order valence-corrected chi connectivity index (χ1v) is 7.22. The molecule has 19 heavy (non-hydrogen) atoms. The molecule has 0 aliphatic carbocycles. The first-order chi connectivity index (χ1) is 9.08. The van der Waals surface area contributed by atoms with Gasteiger partial charge in [0, 0.05) is 21.4 Å². The second-order valence-corrected chi connectivity index (χ2v) is 5.96. The third-order valence-corrected chi connectivity index (χ3v) is 4.14. The van der Waals surface area contributed by atoms with Gasteiger partial charge in [0.05, 0.1) is 5.02 Å². The molecule has 2 rings (SSSR count). The Hall–Kier alpha value is -0.740. The molecule has 0 atom stereocenters. The molecule has 0 amide bonds. The summed E-state index contributed by atoms with van der Waals surface area (Å²) in [6.45, 7) is 0.620. The predicted molar refractivity (Wildman–Crippen MR) is 79.7 cm³/mol. The minimum atomic E-state index is -0.256. The van der Waals surface area contributed by atoms with E-state index in [0.29, 0.717) is 16.6 Å². The van der Waals surface area contributed by atoms with Gasteiger partial charge in [-0.15, -0.1) is 0 Å². The maximum atomic E-state index is 13.5. The Balaban J connectivity index is 2.29. The maximum Gasteiger partial charge on any atom is 0.124 e. The van der Waals surface area contributed by atoms with E-state index in [2.05, 4.69) is 5.32 Å². The van der Waals surface area contributed by atoms with Crippen LogP contribution in [0.15, 0.2) is 46.2 Å². The normalized spacial score (nSPS) is 10.7. The molecule has 0 saturated heterocycles. The van der Waals surface area contributed by atoms with Crippen LogP contribution in [-0.2, 0) is 6.54 Å². The first kappa shape index (κ1) is 14.7. The van der Waals surface area contributed by atoms with Crippen LogP contribution in [0.4, 0.5) is 4.39 Å². The molecule has 2 aromatic carbocycles. The topological polar surface area (TPSA) is 12.0 Å². The fourth-order valence-corrected chi connectivity index (χ4v) is 3.13. The molecule has 0 aliphatic rings. The monoisotopic (exact) mass is 315 g/mol. The smallest absolute Gasteiger partial charge is 0.124 e. The Kier molecular flexibility index (Phi) is 5.11. The van der Waals surface area contributed by atoms with E-state index >= 15 is 0 Å². The zero-order chi connectivity index (χ0) is 13.8. The van der Waals surface area contributed by atoms with Gasteiger partial charge in [-0.05, 0) is 49.0 Å². The molecule has 0 radical (unpaired) electrons. The number of rotatable bonds is 4. The second kappa shape index (κ2) is 6.62. The fourth-order valence-electron chi connectivity index (χ4n) is 1.67. The molecule has 0 bridgehead atoms. The molecular formula is C14H12Cl2FNS. The lowest BCUT2D eigenvalue weighted by atomic mass is 10.2. The molecule has 0 saturated carbocycles. The van der Waals surface area contributed by atoms with Gasteiger partial charge in [-0.2, -0.15) is 0 Å². The van der Waals surface area contributed by atoms with Crippen LogP contribution in [0.3, 0.4) is 0 Å². The summed E-state index contributed by atoms with van der Waals surface area (Å²) in [5.41, 5.74) is 0.892. The van der Waals surface area contributed by atoms with Gasteiger partial charge < -0.3 is 5.32 Å². The summed E-state index contributed by atoms with van der Waals surface area (Å²) < 4.78 is 13.5. The van der Waals surface area contributed by atoms with Gasteiger partial charge in [-0.25, -0.2) is 4.39 Å². The molecule has 1 N–H and O–H groups in total. The molecule has 0 aromatic heterocycles. The number of benzene rings is 2. The van der Waals surface area contributed by atoms with Gasteiger partial charge in [0.15, 0.2) is 0 Å². The molecular weight excluding hydrogens is 304 g/mol. The molecule has 0 heterocycles. The van der Waals surface area contributed by atoms with E-state index in [1.807, 2.05) is 13.1 Å². The standard InChI is InChI=1S/C14H12Cl2FNS/c1-18-8-9-4-11(17)7-12(5-9)19-14-6-10(15)2-3-13(14)16/h2-7,18H,8H2,1H3. The molecule has 0 spiro atoms. The minimum absolute atomic E-state index is 0.256. The van der Waals surface area contributed by atoms with E-state index in [4.69, 9.17) is 23.2 Å². The number of hydrogen-bond acceptors (Lipinski definition) is 2. The highest BCUT2D eigenvalue weighted by molar-refractivity contribution is 7.99. The van der Waals surface area contributed by atoms with Crippen LogP contribution in [0.25, 0.3) is 0 Å². The quantitative estimate of drug-likeness (QED) is 0.851. The Labute approximate surface area is 126 Å². The highest BCUT2D eigenvalue weighted by Crippen LogP contribution is 2.35. The van der Waals surface area contributed by atoms with Crippen LogP contribution >= 0.6 is 35.0 Å². The number of hydrogen-bond donors (Lipinski definition) is 1. The van der Waals surface area contributed by atoms with Crippen molar-refractivity contribution in [3.05, 3.63) is 57.8 Å². The summed E-state index contributed by atoms with van der Waals surface area (Å²) in [7, 11) is 1.82. The SMILES string of the molecule is CNCc1cc(F)cc(Sc2cc(Cl)ccc2Cl)c1. The lowest BCUT2D eigenvalue weighted by Crippen LogP contribution is -2.05. The maximum absolute atomic E-state index is 13.5. The lowest BCUT2D eigenvalue weighted by Gasteiger charge is -2.07. The van der Waals surface area contributed by atoms with Crippen LogP contribution < -0.4 is 5.32 Å². The number of nitrogens with one attached hydrogen (secondary N) is 1. The summed E-state index contributed by atoms with van der Waals surface area (Å²) in [6, 6.07) is 10.2. The van der Waals surface area contributed by atoms with Gasteiger partial charge in [0.2, 0.25) is 0 Å². The molecule has 1 nitrogen and oxygen atoms in total. The average molecular weight is 316 g/mol. The summed E-state index contributed by atoms with van der Waals surface area (Å²) >= 11 is 13.4. The Morgan fingerprint density at radius 1 is 1.16 bits per heavy atom. The number of halogens is 3. The summed E-state index contributed by atoms with van der Waals surface area (Å²) in [5.74, 6) is -0.256. The van der Waals surface area contributed by atoms with Crippen LogP contribution in [0, 0.1) is 5.82 Å². The van der Waals surface area contributed by atoms with Crippen molar-refractivity contribution in [3.8, 4) is 0 Å². The molecule has 2 aromatic rings. The van der Waals surface area contributed by atoms with Crippen molar-refractivity contribution >= 4 is 35.0 Å². The first-order valence-electron chi connectivity index (χ1n) is 5.65. The highest BCUT2D eigenvalue weighted by Gasteiger charge is 2.06. The van der Waals surface area contributed by atoms with Crippen LogP contribution in [0.2, 0.25) is 10.0 Å². The van der Waals surface area contributed by atoms with E-state index in [-0.39, 0.29) is 5.82 Å². The average Bonchev–Trinajstić information content (AvgIpc) is 2.33. The largest absolute Gasteiger partial charge is 0.316 e. The molecule has 100 valence electrons. The third kappa shape index (κ3) is 4.11. The van der Waals surface area contributed by atoms with Gasteiger partial charge >= 0.3 is 0 Å². The van der Waals surface area contributed by atoms with Gasteiger partial charge in [0.1, 0.15) is 5.82 Å². The van der Waals surface area contributed by atoms with E-state index in [9.17, 15) is 4.39 Å². The van der Waals surface area contributed by atoms with Crippen molar-refractivity contribution in [1.82, 2.24) is 5.32 Å². The molecule has 0 fully saturated rings. The van der Waals surface area contributed by atoms with Crippen molar-refractivity contribution < 1.29 is 4.39 Å². The van der Waals surface area contributed by atoms with Crippen molar-refractivity contribution in [2.24, 2.45) is 0 Å². The Bertz CT molecular complexity index is 590. The fraction of sp³-hybridized carbons (Fsp3) is 0.143.